The van der Waals surface area contributed by atoms with Crippen LogP contribution >= 0.6 is 0 Å². The Morgan fingerprint density at radius 3 is 1.86 bits per heavy atom. The minimum absolute atomic E-state index is 0.0170. The summed E-state index contributed by atoms with van der Waals surface area (Å²) in [5.74, 6) is 3.66. The Morgan fingerprint density at radius 2 is 1.43 bits per heavy atom. The van der Waals surface area contributed by atoms with Crippen molar-refractivity contribution in [2.24, 2.45) is 11.8 Å². The standard InChI is InChI=1S/C42H72O7Si2/c1-29(2)51(30(3)4,31(5)6)25-23-38(48-35(10)44)26-32(7)27-40(46-15)34(9)41(47-28-36-18-20-37(45-14)21-19-36)33(8)39(22-24-43)49-50(16,17)42(11,12)13/h18-21,24,27,29-31,33-34,38-41H,22,26,28H2,1-17H3/b32-27+/t33-,34-,38+,39+,40-,41-/m1/s1. The summed E-state index contributed by atoms with van der Waals surface area (Å²) in [5, 5.41) is -0.0170. The average Bonchev–Trinajstić information content (AvgIpc) is 3.02. The number of carbonyl (C=O) groups excluding carboxylic acids is 2. The van der Waals surface area contributed by atoms with Crippen LogP contribution in [-0.2, 0) is 34.8 Å². The second-order valence-corrected chi connectivity index (χ2v) is 27.2. The highest BCUT2D eigenvalue weighted by molar-refractivity contribution is 6.90. The summed E-state index contributed by atoms with van der Waals surface area (Å²) >= 11 is 0. The molecule has 0 unspecified atom stereocenters. The zero-order valence-electron chi connectivity index (χ0n) is 35.1. The quantitative estimate of drug-likeness (QED) is 0.0432. The Hall–Kier alpha value is -2.23. The first-order valence-corrected chi connectivity index (χ1v) is 24.0. The molecule has 51 heavy (non-hydrogen) atoms. The van der Waals surface area contributed by atoms with Gasteiger partial charge in [-0.3, -0.25) is 4.79 Å². The fraction of sp³-hybridized carbons (Fsp3) is 0.714. The molecular formula is C42H72O7Si2. The molecule has 0 aliphatic carbocycles. The molecule has 7 nitrogen and oxygen atoms in total. The van der Waals surface area contributed by atoms with Crippen LogP contribution in [0.25, 0.3) is 0 Å². The Labute approximate surface area is 314 Å². The molecule has 0 saturated carbocycles. The van der Waals surface area contributed by atoms with Crippen molar-refractivity contribution in [3.8, 4) is 17.2 Å². The molecule has 0 aliphatic heterocycles. The van der Waals surface area contributed by atoms with E-state index < -0.39 is 22.5 Å². The molecule has 0 aliphatic rings. The summed E-state index contributed by atoms with van der Waals surface area (Å²) in [6, 6.07) is 7.87. The largest absolute Gasteiger partial charge is 0.497 e. The first-order chi connectivity index (χ1) is 23.6. The Balaban J connectivity index is 3.58. The van der Waals surface area contributed by atoms with Gasteiger partial charge in [0.15, 0.2) is 14.4 Å². The molecule has 0 saturated heterocycles. The van der Waals surface area contributed by atoms with E-state index in [-0.39, 0.29) is 47.6 Å². The van der Waals surface area contributed by atoms with Gasteiger partial charge in [-0.25, -0.2) is 0 Å². The summed E-state index contributed by atoms with van der Waals surface area (Å²) in [6.45, 7) is 32.9. The van der Waals surface area contributed by atoms with Crippen LogP contribution in [0, 0.1) is 23.3 Å². The molecule has 9 heteroatoms. The van der Waals surface area contributed by atoms with Crippen molar-refractivity contribution in [1.29, 1.82) is 0 Å². The summed E-state index contributed by atoms with van der Waals surface area (Å²) in [5.41, 5.74) is 7.19. The topological polar surface area (TPSA) is 80.3 Å². The van der Waals surface area contributed by atoms with Crippen LogP contribution in [0.1, 0.15) is 108 Å². The first kappa shape index (κ1) is 46.8. The van der Waals surface area contributed by atoms with Crippen molar-refractivity contribution in [2.75, 3.05) is 14.2 Å². The molecule has 0 spiro atoms. The van der Waals surface area contributed by atoms with Gasteiger partial charge in [0.1, 0.15) is 20.1 Å². The van der Waals surface area contributed by atoms with Gasteiger partial charge in [-0.1, -0.05) is 106 Å². The van der Waals surface area contributed by atoms with Gasteiger partial charge in [0, 0.05) is 38.7 Å². The van der Waals surface area contributed by atoms with Crippen molar-refractivity contribution < 1.29 is 33.0 Å². The number of ether oxygens (including phenoxy) is 4. The van der Waals surface area contributed by atoms with Gasteiger partial charge in [0.25, 0.3) is 0 Å². The number of aldehydes is 1. The lowest BCUT2D eigenvalue weighted by atomic mass is 9.84. The van der Waals surface area contributed by atoms with Gasteiger partial charge in [-0.05, 0) is 59.4 Å². The zero-order valence-corrected chi connectivity index (χ0v) is 37.1. The third kappa shape index (κ3) is 13.6. The van der Waals surface area contributed by atoms with Crippen LogP contribution in [0.2, 0.25) is 34.8 Å². The first-order valence-electron chi connectivity index (χ1n) is 18.8. The van der Waals surface area contributed by atoms with Crippen LogP contribution in [0.15, 0.2) is 35.9 Å². The lowest BCUT2D eigenvalue weighted by molar-refractivity contribution is -0.143. The highest BCUT2D eigenvalue weighted by Crippen LogP contribution is 2.41. The Morgan fingerprint density at radius 1 is 0.882 bits per heavy atom. The SMILES string of the molecule is COc1ccc(CO[C@H]([C@H](C)[C@H](CC=O)O[Si](C)(C)C(C)(C)C)[C@H](C)[C@@H](/C=C(\C)C[C@H](C#C[Si](C(C)C)(C(C)C)C(C)C)OC(C)=O)OC)cc1. The van der Waals surface area contributed by atoms with Gasteiger partial charge in [0.05, 0.1) is 32.0 Å². The minimum atomic E-state index is -2.21. The number of methoxy groups -OCH3 is 2. The highest BCUT2D eigenvalue weighted by Gasteiger charge is 2.43. The zero-order chi connectivity index (χ0) is 39.3. The van der Waals surface area contributed by atoms with E-state index >= 15 is 0 Å². The lowest BCUT2D eigenvalue weighted by Crippen LogP contribution is -2.49. The van der Waals surface area contributed by atoms with Gasteiger partial charge >= 0.3 is 5.97 Å². The van der Waals surface area contributed by atoms with Crippen LogP contribution < -0.4 is 4.74 Å². The van der Waals surface area contributed by atoms with Crippen molar-refractivity contribution in [1.82, 2.24) is 0 Å². The molecule has 0 fully saturated rings. The fourth-order valence-electron chi connectivity index (χ4n) is 7.15. The van der Waals surface area contributed by atoms with Gasteiger partial charge in [-0.2, -0.15) is 0 Å². The number of esters is 1. The third-order valence-corrected chi connectivity index (χ3v) is 22.0. The van der Waals surface area contributed by atoms with Crippen LogP contribution in [0.5, 0.6) is 5.75 Å². The van der Waals surface area contributed by atoms with Gasteiger partial charge < -0.3 is 28.2 Å². The van der Waals surface area contributed by atoms with Crippen molar-refractivity contribution in [3.05, 3.63) is 41.5 Å². The van der Waals surface area contributed by atoms with Crippen molar-refractivity contribution in [3.63, 3.8) is 0 Å². The Bertz CT molecular complexity index is 1280. The fourth-order valence-corrected chi connectivity index (χ4v) is 13.8. The maximum atomic E-state index is 12.2. The molecule has 0 bridgehead atoms. The monoisotopic (exact) mass is 744 g/mol. The van der Waals surface area contributed by atoms with E-state index in [0.29, 0.717) is 29.7 Å². The second kappa shape index (κ2) is 20.9. The summed E-state index contributed by atoms with van der Waals surface area (Å²) in [7, 11) is -0.863. The number of hydrogen-bond acceptors (Lipinski definition) is 7. The number of carbonyl (C=O) groups is 2. The summed E-state index contributed by atoms with van der Waals surface area (Å²) in [6.07, 6.45) is 2.34. The van der Waals surface area contributed by atoms with Crippen molar-refractivity contribution in [2.45, 2.75) is 169 Å². The van der Waals surface area contributed by atoms with Gasteiger partial charge in [-0.15, -0.1) is 5.54 Å². The predicted molar refractivity (Wildman–Crippen MR) is 216 cm³/mol. The predicted octanol–water partition coefficient (Wildman–Crippen LogP) is 10.3. The average molecular weight is 745 g/mol. The molecule has 0 amide bonds. The van der Waals surface area contributed by atoms with E-state index in [1.807, 2.05) is 31.2 Å². The van der Waals surface area contributed by atoms with Crippen molar-refractivity contribution >= 4 is 28.6 Å². The van der Waals surface area contributed by atoms with Crippen LogP contribution in [0.3, 0.4) is 0 Å². The Kier molecular flexibility index (Phi) is 19.1. The second-order valence-electron chi connectivity index (χ2n) is 16.8. The molecule has 0 heterocycles. The minimum Gasteiger partial charge on any atom is -0.497 e. The number of hydrogen-bond donors (Lipinski definition) is 0. The summed E-state index contributed by atoms with van der Waals surface area (Å²) < 4.78 is 31.0. The van der Waals surface area contributed by atoms with E-state index in [2.05, 4.69) is 107 Å². The molecule has 1 rings (SSSR count). The smallest absolute Gasteiger partial charge is 0.303 e. The molecule has 1 aromatic rings. The van der Waals surface area contributed by atoms with E-state index in [1.54, 1.807) is 14.2 Å². The van der Waals surface area contributed by atoms with Gasteiger partial charge in [0.2, 0.25) is 0 Å². The van der Waals surface area contributed by atoms with E-state index in [9.17, 15) is 9.59 Å². The molecule has 6 atom stereocenters. The molecule has 0 N–H and O–H groups in total. The molecule has 1 aromatic carbocycles. The molecule has 290 valence electrons. The number of rotatable bonds is 20. The third-order valence-electron chi connectivity index (χ3n) is 11.2. The normalized spacial score (nSPS) is 16.6. The maximum Gasteiger partial charge on any atom is 0.303 e. The summed E-state index contributed by atoms with van der Waals surface area (Å²) in [4.78, 5) is 24.3. The molecule has 0 aromatic heterocycles. The highest BCUT2D eigenvalue weighted by atomic mass is 28.4. The maximum absolute atomic E-state index is 12.2. The van der Waals surface area contributed by atoms with Crippen LogP contribution in [-0.4, -0.2) is 67.3 Å². The number of benzene rings is 1. The molecule has 0 radical (unpaired) electrons. The molecular weight excluding hydrogens is 673 g/mol. The van der Waals surface area contributed by atoms with Crippen LogP contribution in [0.4, 0.5) is 0 Å². The van der Waals surface area contributed by atoms with E-state index in [0.717, 1.165) is 23.2 Å². The van der Waals surface area contributed by atoms with E-state index in [4.69, 9.17) is 23.4 Å². The lowest BCUT2D eigenvalue weighted by Gasteiger charge is -2.43. The van der Waals surface area contributed by atoms with E-state index in [1.165, 1.54) is 6.92 Å².